The number of nitrogens with zero attached hydrogens (tertiary/aromatic N) is 2. The second-order valence-corrected chi connectivity index (χ2v) is 9.05. The zero-order valence-corrected chi connectivity index (χ0v) is 20.8. The molecule has 4 rings (SSSR count). The van der Waals surface area contributed by atoms with Crippen LogP contribution in [0.5, 0.6) is 11.5 Å². The first-order valence-corrected chi connectivity index (χ1v) is 12.3. The number of carboxylic acid groups (broad SMARTS) is 1. The molecule has 0 aliphatic carbocycles. The van der Waals surface area contributed by atoms with Crippen LogP contribution < -0.4 is 9.47 Å². The van der Waals surface area contributed by atoms with Gasteiger partial charge in [-0.3, -0.25) is 9.69 Å². The molecule has 1 fully saturated rings. The van der Waals surface area contributed by atoms with Crippen molar-refractivity contribution in [2.45, 2.75) is 20.4 Å². The third-order valence-corrected chi connectivity index (χ3v) is 6.25. The first-order chi connectivity index (χ1) is 17.4. The molecule has 1 heterocycles. The predicted molar refractivity (Wildman–Crippen MR) is 142 cm³/mol. The molecule has 1 aliphatic rings. The fraction of sp³-hybridized carbons (Fsp3) is 0.179. The van der Waals surface area contributed by atoms with Crippen LogP contribution in [0.25, 0.3) is 6.08 Å². The van der Waals surface area contributed by atoms with Crippen molar-refractivity contribution in [2.75, 3.05) is 13.2 Å². The van der Waals surface area contributed by atoms with E-state index in [4.69, 9.17) is 19.6 Å². The number of ether oxygens (including phenoxy) is 2. The summed E-state index contributed by atoms with van der Waals surface area (Å²) in [4.78, 5) is 31.3. The number of thioether (sulfide) groups is 1. The molecule has 7 nitrogen and oxygen atoms in total. The second kappa shape index (κ2) is 11.6. The minimum Gasteiger partial charge on any atom is -0.490 e. The quantitative estimate of drug-likeness (QED) is 0.380. The highest BCUT2D eigenvalue weighted by molar-refractivity contribution is 8.18. The number of aryl methyl sites for hydroxylation is 1. The van der Waals surface area contributed by atoms with Crippen LogP contribution in [-0.2, 0) is 16.1 Å². The largest absolute Gasteiger partial charge is 0.490 e. The number of amides is 1. The van der Waals surface area contributed by atoms with Gasteiger partial charge in [-0.15, -0.1) is 0 Å². The van der Waals surface area contributed by atoms with Crippen molar-refractivity contribution in [3.63, 3.8) is 0 Å². The summed E-state index contributed by atoms with van der Waals surface area (Å²) in [6.07, 6.45) is 1.78. The minimum atomic E-state index is -1.07. The molecule has 1 amide bonds. The van der Waals surface area contributed by atoms with Crippen LogP contribution in [-0.4, -0.2) is 40.3 Å². The summed E-state index contributed by atoms with van der Waals surface area (Å²) in [7, 11) is 0. The number of amidine groups is 1. The van der Waals surface area contributed by atoms with Gasteiger partial charge in [0.25, 0.3) is 5.91 Å². The van der Waals surface area contributed by atoms with Gasteiger partial charge in [0.1, 0.15) is 0 Å². The summed E-state index contributed by atoms with van der Waals surface area (Å²) in [5.41, 5.74) is 3.64. The number of hydrogen-bond donors (Lipinski definition) is 1. The van der Waals surface area contributed by atoms with Gasteiger partial charge < -0.3 is 14.6 Å². The molecule has 3 aromatic rings. The van der Waals surface area contributed by atoms with Crippen molar-refractivity contribution in [3.8, 4) is 11.5 Å². The molecular formula is C28H26N2O5S. The Morgan fingerprint density at radius 1 is 1.03 bits per heavy atom. The SMILES string of the molecule is CCOc1cc(C=C2SC(=Nc3ccc(C)cc3)N(Cc3ccccc3)C2=O)ccc1OCC(=O)O. The number of benzene rings is 3. The number of carboxylic acids is 1. The maximum atomic E-state index is 13.5. The van der Waals surface area contributed by atoms with Crippen molar-refractivity contribution in [1.29, 1.82) is 0 Å². The number of aliphatic imine (C=N–C) groups is 1. The molecule has 0 bridgehead atoms. The van der Waals surface area contributed by atoms with Crippen LogP contribution in [0, 0.1) is 6.92 Å². The molecule has 1 saturated heterocycles. The van der Waals surface area contributed by atoms with Crippen LogP contribution in [0.4, 0.5) is 5.69 Å². The average molecular weight is 503 g/mol. The highest BCUT2D eigenvalue weighted by Gasteiger charge is 2.33. The van der Waals surface area contributed by atoms with Gasteiger partial charge in [0.2, 0.25) is 0 Å². The van der Waals surface area contributed by atoms with Gasteiger partial charge in [-0.05, 0) is 67.1 Å². The number of aliphatic carboxylic acids is 1. The first-order valence-electron chi connectivity index (χ1n) is 11.4. The zero-order valence-electron chi connectivity index (χ0n) is 20.0. The summed E-state index contributed by atoms with van der Waals surface area (Å²) >= 11 is 1.32. The van der Waals surface area contributed by atoms with Crippen molar-refractivity contribution in [1.82, 2.24) is 4.90 Å². The number of hydrogen-bond acceptors (Lipinski definition) is 6. The lowest BCUT2D eigenvalue weighted by Crippen LogP contribution is -2.28. The molecule has 0 unspecified atom stereocenters. The van der Waals surface area contributed by atoms with Gasteiger partial charge in [-0.1, -0.05) is 54.1 Å². The topological polar surface area (TPSA) is 88.4 Å². The van der Waals surface area contributed by atoms with Crippen molar-refractivity contribution in [2.24, 2.45) is 4.99 Å². The smallest absolute Gasteiger partial charge is 0.341 e. The van der Waals surface area contributed by atoms with Crippen LogP contribution in [0.15, 0.2) is 82.7 Å². The molecule has 0 saturated carbocycles. The Morgan fingerprint density at radius 3 is 2.47 bits per heavy atom. The lowest BCUT2D eigenvalue weighted by Gasteiger charge is -2.15. The Labute approximate surface area is 214 Å². The third-order valence-electron chi connectivity index (χ3n) is 5.25. The van der Waals surface area contributed by atoms with E-state index in [0.29, 0.717) is 34.7 Å². The van der Waals surface area contributed by atoms with E-state index in [0.717, 1.165) is 22.4 Å². The van der Waals surface area contributed by atoms with Crippen molar-refractivity contribution >= 4 is 40.6 Å². The minimum absolute atomic E-state index is 0.140. The van der Waals surface area contributed by atoms with Crippen molar-refractivity contribution in [3.05, 3.63) is 94.4 Å². The Bertz CT molecular complexity index is 1300. The normalized spacial score (nSPS) is 15.5. The number of carbonyl (C=O) groups is 2. The first kappa shape index (κ1) is 25.1. The molecule has 0 spiro atoms. The highest BCUT2D eigenvalue weighted by atomic mass is 32.2. The second-order valence-electron chi connectivity index (χ2n) is 8.04. The van der Waals surface area contributed by atoms with E-state index in [2.05, 4.69) is 0 Å². The summed E-state index contributed by atoms with van der Waals surface area (Å²) in [5, 5.41) is 9.51. The highest BCUT2D eigenvalue weighted by Crippen LogP contribution is 2.36. The van der Waals surface area contributed by atoms with Crippen LogP contribution in [0.1, 0.15) is 23.6 Å². The summed E-state index contributed by atoms with van der Waals surface area (Å²) in [6, 6.07) is 22.8. The molecule has 184 valence electrons. The molecule has 1 N–H and O–H groups in total. The van der Waals surface area contributed by atoms with E-state index in [1.165, 1.54) is 11.8 Å². The van der Waals surface area contributed by atoms with Crippen LogP contribution >= 0.6 is 11.8 Å². The molecule has 3 aromatic carbocycles. The van der Waals surface area contributed by atoms with Gasteiger partial charge in [0, 0.05) is 0 Å². The number of rotatable bonds is 9. The Balaban J connectivity index is 1.66. The monoisotopic (exact) mass is 502 g/mol. The molecule has 0 atom stereocenters. The van der Waals surface area contributed by atoms with E-state index < -0.39 is 12.6 Å². The van der Waals surface area contributed by atoms with E-state index in [9.17, 15) is 9.59 Å². The average Bonchev–Trinajstić information content (AvgIpc) is 3.14. The van der Waals surface area contributed by atoms with Crippen LogP contribution in [0.3, 0.4) is 0 Å². The van der Waals surface area contributed by atoms with E-state index >= 15 is 0 Å². The maximum Gasteiger partial charge on any atom is 0.341 e. The molecule has 0 aromatic heterocycles. The molecule has 1 aliphatic heterocycles. The van der Waals surface area contributed by atoms with E-state index in [1.807, 2.05) is 68.4 Å². The van der Waals surface area contributed by atoms with Crippen molar-refractivity contribution < 1.29 is 24.2 Å². The Morgan fingerprint density at radius 2 is 1.78 bits per heavy atom. The molecule has 36 heavy (non-hydrogen) atoms. The third kappa shape index (κ3) is 6.34. The fourth-order valence-electron chi connectivity index (χ4n) is 3.52. The standard InChI is InChI=1S/C28H26N2O5S/c1-3-34-24-15-21(11-14-23(24)35-18-26(31)32)16-25-27(33)30(17-20-7-5-4-6-8-20)28(36-25)29-22-12-9-19(2)10-13-22/h4-16H,3,17-18H2,1-2H3,(H,31,32). The summed E-state index contributed by atoms with van der Waals surface area (Å²) in [6.45, 7) is 4.16. The molecule has 8 heteroatoms. The van der Waals surface area contributed by atoms with Gasteiger partial charge >= 0.3 is 5.97 Å². The molecule has 0 radical (unpaired) electrons. The summed E-state index contributed by atoms with van der Waals surface area (Å²) in [5.74, 6) is -0.466. The van der Waals surface area contributed by atoms with Gasteiger partial charge in [0.05, 0.1) is 23.7 Å². The Kier molecular flexibility index (Phi) is 8.07. The maximum absolute atomic E-state index is 13.5. The lowest BCUT2D eigenvalue weighted by molar-refractivity contribution is -0.139. The van der Waals surface area contributed by atoms with Gasteiger partial charge in [0.15, 0.2) is 23.3 Å². The Hall–Kier alpha value is -4.04. The lowest BCUT2D eigenvalue weighted by atomic mass is 10.1. The van der Waals surface area contributed by atoms with Gasteiger partial charge in [-0.2, -0.15) is 0 Å². The number of carbonyl (C=O) groups excluding carboxylic acids is 1. The summed E-state index contributed by atoms with van der Waals surface area (Å²) < 4.78 is 11.0. The predicted octanol–water partition coefficient (Wildman–Crippen LogP) is 5.66. The molecular weight excluding hydrogens is 476 g/mol. The van der Waals surface area contributed by atoms with Crippen LogP contribution in [0.2, 0.25) is 0 Å². The zero-order chi connectivity index (χ0) is 25.5. The fourth-order valence-corrected chi connectivity index (χ4v) is 4.52. The van der Waals surface area contributed by atoms with E-state index in [1.54, 1.807) is 29.2 Å². The van der Waals surface area contributed by atoms with Gasteiger partial charge in [-0.25, -0.2) is 9.79 Å². The van der Waals surface area contributed by atoms with E-state index in [-0.39, 0.29) is 5.91 Å².